The molecular weight excluding hydrogens is 336 g/mol. The van der Waals surface area contributed by atoms with Crippen molar-refractivity contribution in [2.75, 3.05) is 13.1 Å². The van der Waals surface area contributed by atoms with E-state index in [1.807, 2.05) is 0 Å². The van der Waals surface area contributed by atoms with E-state index in [0.29, 0.717) is 18.6 Å². The maximum atomic E-state index is 13.3. The highest BCUT2D eigenvalue weighted by Crippen LogP contribution is 2.34. The van der Waals surface area contributed by atoms with Gasteiger partial charge in [0.1, 0.15) is 5.82 Å². The van der Waals surface area contributed by atoms with E-state index in [4.69, 9.17) is 5.73 Å². The maximum absolute atomic E-state index is 13.3. The molecule has 0 amide bonds. The number of hydrogen-bond donors (Lipinski definition) is 1. The molecule has 9 heteroatoms. The van der Waals surface area contributed by atoms with Gasteiger partial charge in [-0.25, -0.2) is 12.8 Å². The van der Waals surface area contributed by atoms with Crippen LogP contribution in [0.5, 0.6) is 0 Å². The van der Waals surface area contributed by atoms with Gasteiger partial charge in [0.15, 0.2) is 0 Å². The van der Waals surface area contributed by atoms with E-state index >= 15 is 0 Å². The summed E-state index contributed by atoms with van der Waals surface area (Å²) >= 11 is 0. The SMILES string of the molecule is CC(N)C1CCCN(S(=O)(=O)c2ccc(F)c(C(F)(F)F)c2)C1. The standard InChI is InChI=1S/C14H18F4N2O2S/c1-9(19)10-3-2-6-20(8-10)23(21,22)11-4-5-13(15)12(7-11)14(16,17)18/h4-5,7,9-10H,2-3,6,8,19H2,1H3. The predicted octanol–water partition coefficient (Wildman–Crippen LogP) is 2.59. The first-order valence-corrected chi connectivity index (χ1v) is 8.60. The summed E-state index contributed by atoms with van der Waals surface area (Å²) in [6.07, 6.45) is -3.61. The van der Waals surface area contributed by atoms with E-state index < -0.39 is 32.5 Å². The van der Waals surface area contributed by atoms with Crippen LogP contribution in [0.2, 0.25) is 0 Å². The molecule has 0 bridgehead atoms. The zero-order chi connectivity index (χ0) is 17.4. The van der Waals surface area contributed by atoms with Gasteiger partial charge in [-0.3, -0.25) is 0 Å². The smallest absolute Gasteiger partial charge is 0.328 e. The van der Waals surface area contributed by atoms with Crippen molar-refractivity contribution in [3.63, 3.8) is 0 Å². The first-order valence-electron chi connectivity index (χ1n) is 7.16. The van der Waals surface area contributed by atoms with Crippen molar-refractivity contribution in [1.29, 1.82) is 0 Å². The van der Waals surface area contributed by atoms with Crippen LogP contribution in [0.4, 0.5) is 17.6 Å². The lowest BCUT2D eigenvalue weighted by Crippen LogP contribution is -2.45. The Morgan fingerprint density at radius 2 is 2.00 bits per heavy atom. The zero-order valence-corrected chi connectivity index (χ0v) is 13.3. The Labute approximate surface area is 132 Å². The van der Waals surface area contributed by atoms with Crippen LogP contribution in [0.15, 0.2) is 23.1 Å². The monoisotopic (exact) mass is 354 g/mol. The largest absolute Gasteiger partial charge is 0.419 e. The highest BCUT2D eigenvalue weighted by atomic mass is 32.2. The number of nitrogens with zero attached hydrogens (tertiary/aromatic N) is 1. The Morgan fingerprint density at radius 1 is 1.35 bits per heavy atom. The van der Waals surface area contributed by atoms with Gasteiger partial charge in [0, 0.05) is 19.1 Å². The number of benzene rings is 1. The number of halogens is 4. The number of nitrogens with two attached hydrogens (primary N) is 1. The first-order chi connectivity index (χ1) is 10.5. The minimum Gasteiger partial charge on any atom is -0.328 e. The van der Waals surface area contributed by atoms with Crippen molar-refractivity contribution in [3.05, 3.63) is 29.6 Å². The molecule has 4 nitrogen and oxygen atoms in total. The topological polar surface area (TPSA) is 63.4 Å². The molecule has 2 unspecified atom stereocenters. The van der Waals surface area contributed by atoms with Crippen molar-refractivity contribution in [1.82, 2.24) is 4.31 Å². The lowest BCUT2D eigenvalue weighted by molar-refractivity contribution is -0.140. The molecule has 1 fully saturated rings. The molecule has 1 aliphatic rings. The minimum absolute atomic E-state index is 0.0546. The molecule has 0 aliphatic carbocycles. The first kappa shape index (κ1) is 18.2. The van der Waals surface area contributed by atoms with E-state index in [-0.39, 0.29) is 25.0 Å². The van der Waals surface area contributed by atoms with Gasteiger partial charge in [0.2, 0.25) is 10.0 Å². The van der Waals surface area contributed by atoms with Gasteiger partial charge >= 0.3 is 6.18 Å². The zero-order valence-electron chi connectivity index (χ0n) is 12.5. The molecule has 1 aliphatic heterocycles. The third kappa shape index (κ3) is 3.84. The van der Waals surface area contributed by atoms with Crippen molar-refractivity contribution in [2.45, 2.75) is 36.9 Å². The number of rotatable bonds is 3. The molecule has 1 heterocycles. The molecule has 0 saturated carbocycles. The van der Waals surface area contributed by atoms with Crippen LogP contribution < -0.4 is 5.73 Å². The molecular formula is C14H18F4N2O2S. The van der Waals surface area contributed by atoms with Gasteiger partial charge in [-0.2, -0.15) is 17.5 Å². The maximum Gasteiger partial charge on any atom is 0.419 e. The molecule has 2 atom stereocenters. The predicted molar refractivity (Wildman–Crippen MR) is 76.5 cm³/mol. The summed E-state index contributed by atoms with van der Waals surface area (Å²) in [6.45, 7) is 2.13. The summed E-state index contributed by atoms with van der Waals surface area (Å²) < 4.78 is 77.8. The summed E-state index contributed by atoms with van der Waals surface area (Å²) in [4.78, 5) is -0.559. The normalized spacial score (nSPS) is 22.1. The van der Waals surface area contributed by atoms with E-state index in [1.54, 1.807) is 6.92 Å². The molecule has 0 spiro atoms. The number of sulfonamides is 1. The van der Waals surface area contributed by atoms with E-state index in [0.717, 1.165) is 16.8 Å². The highest BCUT2D eigenvalue weighted by molar-refractivity contribution is 7.89. The molecule has 0 aromatic heterocycles. The summed E-state index contributed by atoms with van der Waals surface area (Å²) in [6, 6.07) is 1.52. The van der Waals surface area contributed by atoms with Crippen LogP contribution in [0.3, 0.4) is 0 Å². The van der Waals surface area contributed by atoms with Gasteiger partial charge in [-0.15, -0.1) is 0 Å². The van der Waals surface area contributed by atoms with Crippen LogP contribution in [0.1, 0.15) is 25.3 Å². The summed E-state index contributed by atoms with van der Waals surface area (Å²) in [5.41, 5.74) is 4.21. The summed E-state index contributed by atoms with van der Waals surface area (Å²) in [5.74, 6) is -1.55. The molecule has 23 heavy (non-hydrogen) atoms. The molecule has 130 valence electrons. The molecule has 1 saturated heterocycles. The summed E-state index contributed by atoms with van der Waals surface area (Å²) in [5, 5.41) is 0. The Morgan fingerprint density at radius 3 is 2.57 bits per heavy atom. The van der Waals surface area contributed by atoms with Crippen LogP contribution in [0.25, 0.3) is 0 Å². The van der Waals surface area contributed by atoms with E-state index in [2.05, 4.69) is 0 Å². The quantitative estimate of drug-likeness (QED) is 0.849. The molecule has 2 N–H and O–H groups in total. The van der Waals surface area contributed by atoms with Gasteiger partial charge in [-0.1, -0.05) is 0 Å². The van der Waals surface area contributed by atoms with Crippen LogP contribution in [-0.4, -0.2) is 31.9 Å². The lowest BCUT2D eigenvalue weighted by Gasteiger charge is -2.33. The van der Waals surface area contributed by atoms with Crippen LogP contribution in [0, 0.1) is 11.7 Å². The molecule has 0 radical (unpaired) electrons. The molecule has 1 aromatic rings. The second kappa shape index (κ2) is 6.37. The number of piperidine rings is 1. The minimum atomic E-state index is -4.95. The highest BCUT2D eigenvalue weighted by Gasteiger charge is 2.37. The molecule has 1 aromatic carbocycles. The van der Waals surface area contributed by atoms with E-state index in [9.17, 15) is 26.0 Å². The van der Waals surface area contributed by atoms with Gasteiger partial charge in [0.25, 0.3) is 0 Å². The van der Waals surface area contributed by atoms with Crippen LogP contribution in [-0.2, 0) is 16.2 Å². The fraction of sp³-hybridized carbons (Fsp3) is 0.571. The number of alkyl halides is 3. The second-order valence-corrected chi connectivity index (χ2v) is 7.70. The van der Waals surface area contributed by atoms with Crippen molar-refractivity contribution >= 4 is 10.0 Å². The lowest BCUT2D eigenvalue weighted by atomic mass is 9.93. The van der Waals surface area contributed by atoms with Crippen molar-refractivity contribution in [3.8, 4) is 0 Å². The van der Waals surface area contributed by atoms with Gasteiger partial charge in [-0.05, 0) is 43.9 Å². The fourth-order valence-electron chi connectivity index (χ4n) is 2.65. The summed E-state index contributed by atoms with van der Waals surface area (Å²) in [7, 11) is -4.12. The molecule has 2 rings (SSSR count). The third-order valence-corrected chi connectivity index (χ3v) is 5.91. The van der Waals surface area contributed by atoms with Gasteiger partial charge in [0.05, 0.1) is 10.5 Å². The Kier molecular flexibility index (Phi) is 5.03. The average molecular weight is 354 g/mol. The van der Waals surface area contributed by atoms with Crippen molar-refractivity contribution < 1.29 is 26.0 Å². The van der Waals surface area contributed by atoms with Crippen LogP contribution >= 0.6 is 0 Å². The number of hydrogen-bond acceptors (Lipinski definition) is 3. The average Bonchev–Trinajstić information content (AvgIpc) is 2.46. The third-order valence-electron chi connectivity index (χ3n) is 4.05. The van der Waals surface area contributed by atoms with Crippen molar-refractivity contribution in [2.24, 2.45) is 11.7 Å². The Hall–Kier alpha value is -1.19. The van der Waals surface area contributed by atoms with E-state index in [1.165, 1.54) is 0 Å². The fourth-order valence-corrected chi connectivity index (χ4v) is 4.21. The van der Waals surface area contributed by atoms with Gasteiger partial charge < -0.3 is 5.73 Å². The Balaban J connectivity index is 2.36. The second-order valence-electron chi connectivity index (χ2n) is 5.76. The Bertz CT molecular complexity index is 674.